The number of carbonyl (C=O) groups is 1. The van der Waals surface area contributed by atoms with E-state index in [0.717, 1.165) is 6.42 Å². The summed E-state index contributed by atoms with van der Waals surface area (Å²) < 4.78 is 0. The molecule has 15 heavy (non-hydrogen) atoms. The topological polar surface area (TPSA) is 40.5 Å². The first kappa shape index (κ1) is 14.2. The Kier molecular flexibility index (Phi) is 6.25. The predicted octanol–water partition coefficient (Wildman–Crippen LogP) is 2.38. The summed E-state index contributed by atoms with van der Waals surface area (Å²) in [6.45, 7) is 8.89. The van der Waals surface area contributed by atoms with Crippen LogP contribution >= 0.6 is 0 Å². The van der Waals surface area contributed by atoms with Crippen LogP contribution in [0.25, 0.3) is 0 Å². The van der Waals surface area contributed by atoms with E-state index in [0.29, 0.717) is 24.1 Å². The molecular formula is C12H23NO2. The van der Waals surface area contributed by atoms with E-state index >= 15 is 0 Å². The summed E-state index contributed by atoms with van der Waals surface area (Å²) in [7, 11) is 2.03. The van der Waals surface area contributed by atoms with Crippen molar-refractivity contribution in [1.29, 1.82) is 0 Å². The summed E-state index contributed by atoms with van der Waals surface area (Å²) in [5.74, 6) is -0.160. The molecule has 0 aliphatic rings. The number of likely N-dealkylation sites (N-methyl/N-ethyl adjacent to an activating group) is 1. The highest BCUT2D eigenvalue weighted by atomic mass is 16.4. The van der Waals surface area contributed by atoms with Crippen LogP contribution < -0.4 is 0 Å². The lowest BCUT2D eigenvalue weighted by molar-refractivity contribution is -0.132. The Morgan fingerprint density at radius 2 is 1.93 bits per heavy atom. The molecule has 0 spiro atoms. The molecule has 0 aromatic carbocycles. The molecule has 0 amide bonds. The summed E-state index contributed by atoms with van der Waals surface area (Å²) in [5, 5.41) is 8.69. The summed E-state index contributed by atoms with van der Waals surface area (Å²) >= 11 is 0. The van der Waals surface area contributed by atoms with E-state index in [9.17, 15) is 4.79 Å². The third-order valence-corrected chi connectivity index (χ3v) is 2.59. The van der Waals surface area contributed by atoms with Crippen LogP contribution in [0.3, 0.4) is 0 Å². The Labute approximate surface area is 92.8 Å². The Hall–Kier alpha value is -0.830. The van der Waals surface area contributed by atoms with Crippen LogP contribution in [0.2, 0.25) is 0 Å². The smallest absolute Gasteiger partial charge is 0.330 e. The number of carboxylic acid groups (broad SMARTS) is 1. The molecule has 0 fully saturated rings. The molecule has 0 aliphatic heterocycles. The summed E-state index contributed by atoms with van der Waals surface area (Å²) in [6.07, 6.45) is 2.90. The molecule has 0 aromatic heterocycles. The van der Waals surface area contributed by atoms with Gasteiger partial charge in [0.05, 0.1) is 0 Å². The van der Waals surface area contributed by atoms with Crippen molar-refractivity contribution in [3.63, 3.8) is 0 Å². The van der Waals surface area contributed by atoms with Crippen molar-refractivity contribution in [2.75, 3.05) is 13.6 Å². The van der Waals surface area contributed by atoms with Gasteiger partial charge in [0.2, 0.25) is 0 Å². The number of rotatable bonds is 6. The fraction of sp³-hybridized carbons (Fsp3) is 0.750. The normalized spacial score (nSPS) is 14.7. The highest BCUT2D eigenvalue weighted by Gasteiger charge is 2.10. The van der Waals surface area contributed by atoms with Crippen molar-refractivity contribution in [3.05, 3.63) is 11.6 Å². The minimum Gasteiger partial charge on any atom is -0.478 e. The van der Waals surface area contributed by atoms with Crippen molar-refractivity contribution >= 4 is 5.97 Å². The number of hydrogen-bond donors (Lipinski definition) is 1. The molecule has 88 valence electrons. The third kappa shape index (κ3) is 6.28. The van der Waals surface area contributed by atoms with Gasteiger partial charge in [0.1, 0.15) is 0 Å². The quantitative estimate of drug-likeness (QED) is 0.689. The molecule has 3 nitrogen and oxygen atoms in total. The van der Waals surface area contributed by atoms with Crippen LogP contribution in [0.15, 0.2) is 11.6 Å². The molecule has 0 radical (unpaired) electrons. The fourth-order valence-electron chi connectivity index (χ4n) is 1.41. The molecule has 3 heteroatoms. The first-order valence-electron chi connectivity index (χ1n) is 5.44. The monoisotopic (exact) mass is 213 g/mol. The molecule has 0 rings (SSSR count). The summed E-state index contributed by atoms with van der Waals surface area (Å²) in [6, 6.07) is 0.489. The lowest BCUT2D eigenvalue weighted by Gasteiger charge is -2.24. The minimum absolute atomic E-state index is 0.415. The predicted molar refractivity (Wildman–Crippen MR) is 62.9 cm³/mol. The largest absolute Gasteiger partial charge is 0.478 e. The highest BCUT2D eigenvalue weighted by Crippen LogP contribution is 2.09. The maximum Gasteiger partial charge on any atom is 0.330 e. The van der Waals surface area contributed by atoms with Gasteiger partial charge in [-0.05, 0) is 33.2 Å². The second-order valence-corrected chi connectivity index (χ2v) is 4.61. The number of aliphatic carboxylic acids is 1. The van der Waals surface area contributed by atoms with E-state index in [2.05, 4.69) is 25.7 Å². The zero-order chi connectivity index (χ0) is 12.0. The Balaban J connectivity index is 4.08. The number of carboxylic acids is 1. The van der Waals surface area contributed by atoms with E-state index in [4.69, 9.17) is 5.11 Å². The van der Waals surface area contributed by atoms with Gasteiger partial charge in [-0.3, -0.25) is 0 Å². The average molecular weight is 213 g/mol. The van der Waals surface area contributed by atoms with Crippen molar-refractivity contribution in [2.45, 2.75) is 40.2 Å². The van der Waals surface area contributed by atoms with Crippen molar-refractivity contribution in [2.24, 2.45) is 5.92 Å². The molecule has 1 unspecified atom stereocenters. The zero-order valence-corrected chi connectivity index (χ0v) is 10.4. The van der Waals surface area contributed by atoms with Crippen LogP contribution in [0.1, 0.15) is 34.1 Å². The first-order chi connectivity index (χ1) is 6.84. The lowest BCUT2D eigenvalue weighted by atomic mass is 10.0. The van der Waals surface area contributed by atoms with Crippen molar-refractivity contribution in [1.82, 2.24) is 4.90 Å². The molecule has 0 heterocycles. The van der Waals surface area contributed by atoms with Crippen LogP contribution in [0, 0.1) is 5.92 Å². The van der Waals surface area contributed by atoms with Crippen molar-refractivity contribution < 1.29 is 9.90 Å². The van der Waals surface area contributed by atoms with Crippen molar-refractivity contribution in [3.8, 4) is 0 Å². The molecule has 0 saturated carbocycles. The van der Waals surface area contributed by atoms with E-state index in [1.54, 1.807) is 13.0 Å². The molecule has 0 aliphatic carbocycles. The van der Waals surface area contributed by atoms with E-state index in [1.165, 1.54) is 0 Å². The zero-order valence-electron chi connectivity index (χ0n) is 10.4. The fourth-order valence-corrected chi connectivity index (χ4v) is 1.41. The van der Waals surface area contributed by atoms with Crippen LogP contribution in [0.4, 0.5) is 0 Å². The molecule has 1 N–H and O–H groups in total. The van der Waals surface area contributed by atoms with Gasteiger partial charge in [-0.25, -0.2) is 4.79 Å². The van der Waals surface area contributed by atoms with Gasteiger partial charge in [-0.15, -0.1) is 0 Å². The highest BCUT2D eigenvalue weighted by molar-refractivity contribution is 5.85. The van der Waals surface area contributed by atoms with Gasteiger partial charge < -0.3 is 10.0 Å². The second kappa shape index (κ2) is 6.62. The van der Waals surface area contributed by atoms with Crippen LogP contribution in [0.5, 0.6) is 0 Å². The summed E-state index contributed by atoms with van der Waals surface area (Å²) in [5.41, 5.74) is 0.415. The van der Waals surface area contributed by atoms with Gasteiger partial charge in [0.15, 0.2) is 0 Å². The first-order valence-corrected chi connectivity index (χ1v) is 5.44. The Morgan fingerprint density at radius 3 is 2.33 bits per heavy atom. The molecule has 0 aromatic rings. The second-order valence-electron chi connectivity index (χ2n) is 4.61. The average Bonchev–Trinajstić information content (AvgIpc) is 2.12. The maximum absolute atomic E-state index is 10.6. The van der Waals surface area contributed by atoms with Gasteiger partial charge in [0, 0.05) is 18.2 Å². The van der Waals surface area contributed by atoms with Crippen LogP contribution in [-0.4, -0.2) is 35.6 Å². The number of hydrogen-bond acceptors (Lipinski definition) is 2. The SMILES string of the molecule is CC(=CCN(C)C(C)CC(C)C)C(=O)O. The lowest BCUT2D eigenvalue weighted by Crippen LogP contribution is -2.30. The third-order valence-electron chi connectivity index (χ3n) is 2.59. The van der Waals surface area contributed by atoms with E-state index < -0.39 is 5.97 Å². The standard InChI is InChI=1S/C12H23NO2/c1-9(2)8-11(4)13(5)7-6-10(3)12(14)15/h6,9,11H,7-8H2,1-5H3,(H,14,15). The molecule has 1 atom stereocenters. The van der Waals surface area contributed by atoms with Gasteiger partial charge in [-0.1, -0.05) is 19.9 Å². The minimum atomic E-state index is -0.833. The van der Waals surface area contributed by atoms with E-state index in [1.807, 2.05) is 7.05 Å². The Bertz CT molecular complexity index is 234. The van der Waals surface area contributed by atoms with Gasteiger partial charge in [0.25, 0.3) is 0 Å². The maximum atomic E-state index is 10.6. The molecule has 0 saturated heterocycles. The Morgan fingerprint density at radius 1 is 1.40 bits per heavy atom. The van der Waals surface area contributed by atoms with Gasteiger partial charge in [-0.2, -0.15) is 0 Å². The van der Waals surface area contributed by atoms with Gasteiger partial charge >= 0.3 is 5.97 Å². The molecular weight excluding hydrogens is 190 g/mol. The van der Waals surface area contributed by atoms with E-state index in [-0.39, 0.29) is 0 Å². The van der Waals surface area contributed by atoms with Crippen LogP contribution in [-0.2, 0) is 4.79 Å². The number of nitrogens with zero attached hydrogens (tertiary/aromatic N) is 1. The summed E-state index contributed by atoms with van der Waals surface area (Å²) in [4.78, 5) is 12.7. The molecule has 0 bridgehead atoms.